The third-order valence-corrected chi connectivity index (χ3v) is 6.49. The molecule has 0 aromatic rings. The van der Waals surface area contributed by atoms with Gasteiger partial charge in [0, 0.05) is 13.1 Å². The van der Waals surface area contributed by atoms with Gasteiger partial charge in [-0.25, -0.2) is 4.79 Å². The number of hydrogen-bond donors (Lipinski definition) is 0. The Hall–Kier alpha value is -0.745. The number of nitrogens with zero attached hydrogens (tertiary/aromatic N) is 1. The lowest BCUT2D eigenvalue weighted by Crippen LogP contribution is -2.41. The van der Waals surface area contributed by atoms with Gasteiger partial charge in [-0.3, -0.25) is 0 Å². The summed E-state index contributed by atoms with van der Waals surface area (Å²) in [6.07, 6.45) is 4.20. The van der Waals surface area contributed by atoms with Crippen molar-refractivity contribution in [2.75, 3.05) is 13.1 Å². The van der Waals surface area contributed by atoms with Crippen LogP contribution in [-0.2, 0) is 14.0 Å². The zero-order chi connectivity index (χ0) is 18.7. The Morgan fingerprint density at radius 2 is 1.72 bits per heavy atom. The van der Waals surface area contributed by atoms with E-state index in [1.165, 1.54) is 0 Å². The summed E-state index contributed by atoms with van der Waals surface area (Å²) in [5.41, 5.74) is -0.768. The molecule has 2 aliphatic heterocycles. The van der Waals surface area contributed by atoms with E-state index in [9.17, 15) is 4.79 Å². The predicted molar refractivity (Wildman–Crippen MR) is 98.5 cm³/mol. The molecule has 0 aromatic heterocycles. The largest absolute Gasteiger partial charge is 0.461 e. The maximum atomic E-state index is 12.4. The molecule has 0 radical (unpaired) electrons. The van der Waals surface area contributed by atoms with E-state index in [1.54, 1.807) is 0 Å². The lowest BCUT2D eigenvalue weighted by molar-refractivity contribution is 0.00578. The smallest absolute Gasteiger partial charge is 0.444 e. The maximum Gasteiger partial charge on any atom is 0.461 e. The number of hydrogen-bond acceptors (Lipinski definition) is 4. The van der Waals surface area contributed by atoms with Gasteiger partial charge >= 0.3 is 13.2 Å². The van der Waals surface area contributed by atoms with E-state index in [2.05, 4.69) is 27.7 Å². The van der Waals surface area contributed by atoms with Crippen molar-refractivity contribution < 1.29 is 18.8 Å². The van der Waals surface area contributed by atoms with Crippen LogP contribution in [0.1, 0.15) is 74.1 Å². The molecule has 2 atom stereocenters. The zero-order valence-corrected chi connectivity index (χ0v) is 17.0. The third kappa shape index (κ3) is 3.70. The van der Waals surface area contributed by atoms with Gasteiger partial charge in [-0.1, -0.05) is 6.42 Å². The molecule has 0 N–H and O–H groups in total. The van der Waals surface area contributed by atoms with Gasteiger partial charge in [-0.2, -0.15) is 0 Å². The second kappa shape index (κ2) is 5.88. The summed E-state index contributed by atoms with van der Waals surface area (Å²) in [5.74, 6) is 0.416. The van der Waals surface area contributed by atoms with Gasteiger partial charge in [0.2, 0.25) is 0 Å². The molecule has 6 heteroatoms. The normalized spacial score (nSPS) is 34.1. The Labute approximate surface area is 152 Å². The van der Waals surface area contributed by atoms with E-state index in [0.717, 1.165) is 38.8 Å². The standard InChI is InChI=1S/C19H34BNO4/c1-16(2,3)23-15(22)21-11-10-19(13-21)9-8-14(12-19)20-24-17(4,5)18(6,7)25-20/h14H,8-13H2,1-7H3. The van der Waals surface area contributed by atoms with Gasteiger partial charge in [-0.05, 0) is 79.0 Å². The first-order chi connectivity index (χ1) is 11.3. The molecule has 1 spiro atoms. The van der Waals surface area contributed by atoms with Crippen LogP contribution in [-0.4, -0.2) is 48.0 Å². The quantitative estimate of drug-likeness (QED) is 0.663. The highest BCUT2D eigenvalue weighted by Crippen LogP contribution is 2.54. The third-order valence-electron chi connectivity index (χ3n) is 6.49. The molecule has 1 amide bonds. The first-order valence-electron chi connectivity index (χ1n) is 9.66. The van der Waals surface area contributed by atoms with Crippen LogP contribution in [0, 0.1) is 5.41 Å². The van der Waals surface area contributed by atoms with Crippen LogP contribution < -0.4 is 0 Å². The fraction of sp³-hybridized carbons (Fsp3) is 0.947. The lowest BCUT2D eigenvalue weighted by Gasteiger charge is -2.32. The summed E-state index contributed by atoms with van der Waals surface area (Å²) < 4.78 is 18.1. The van der Waals surface area contributed by atoms with Crippen molar-refractivity contribution in [1.82, 2.24) is 4.90 Å². The van der Waals surface area contributed by atoms with Gasteiger partial charge in [0.25, 0.3) is 0 Å². The highest BCUT2D eigenvalue weighted by atomic mass is 16.7. The Bertz CT molecular complexity index is 526. The number of carbonyl (C=O) groups is 1. The van der Waals surface area contributed by atoms with Crippen molar-refractivity contribution in [3.05, 3.63) is 0 Å². The molecule has 3 fully saturated rings. The Morgan fingerprint density at radius 3 is 2.28 bits per heavy atom. The Kier molecular flexibility index (Phi) is 4.48. The number of rotatable bonds is 1. The summed E-state index contributed by atoms with van der Waals surface area (Å²) >= 11 is 0. The SMILES string of the molecule is CC(C)(C)OC(=O)N1CCC2(CCC(B3OC(C)(C)C(C)(C)O3)C2)C1. The van der Waals surface area contributed by atoms with E-state index < -0.39 is 5.60 Å². The van der Waals surface area contributed by atoms with Crippen LogP contribution in [0.25, 0.3) is 0 Å². The molecule has 0 bridgehead atoms. The minimum Gasteiger partial charge on any atom is -0.444 e. The molecular weight excluding hydrogens is 317 g/mol. The molecule has 25 heavy (non-hydrogen) atoms. The average molecular weight is 351 g/mol. The zero-order valence-electron chi connectivity index (χ0n) is 17.0. The summed E-state index contributed by atoms with van der Waals surface area (Å²) in [6, 6.07) is 0. The second-order valence-corrected chi connectivity index (χ2v) is 10.3. The van der Waals surface area contributed by atoms with Crippen molar-refractivity contribution in [3.8, 4) is 0 Å². The van der Waals surface area contributed by atoms with Crippen LogP contribution in [0.4, 0.5) is 4.79 Å². The van der Waals surface area contributed by atoms with Crippen LogP contribution in [0.3, 0.4) is 0 Å². The number of amides is 1. The summed E-state index contributed by atoms with van der Waals surface area (Å²) in [7, 11) is -0.125. The molecule has 0 aromatic carbocycles. The highest BCUT2D eigenvalue weighted by Gasteiger charge is 2.57. The summed E-state index contributed by atoms with van der Waals surface area (Å²) in [6.45, 7) is 15.8. The minimum absolute atomic E-state index is 0.125. The average Bonchev–Trinajstić information content (AvgIpc) is 3.08. The summed E-state index contributed by atoms with van der Waals surface area (Å²) in [5, 5.41) is 0. The topological polar surface area (TPSA) is 48.0 Å². The number of carbonyl (C=O) groups excluding carboxylic acids is 1. The molecule has 3 aliphatic rings. The van der Waals surface area contributed by atoms with Gasteiger partial charge in [0.15, 0.2) is 0 Å². The van der Waals surface area contributed by atoms with E-state index >= 15 is 0 Å². The van der Waals surface area contributed by atoms with E-state index in [4.69, 9.17) is 14.0 Å². The maximum absolute atomic E-state index is 12.4. The number of likely N-dealkylation sites (tertiary alicyclic amines) is 1. The first-order valence-corrected chi connectivity index (χ1v) is 9.66. The first kappa shape index (κ1) is 19.0. The van der Waals surface area contributed by atoms with E-state index in [1.807, 2.05) is 25.7 Å². The van der Waals surface area contributed by atoms with Crippen molar-refractivity contribution in [2.24, 2.45) is 5.41 Å². The molecule has 142 valence electrons. The van der Waals surface area contributed by atoms with Crippen molar-refractivity contribution in [2.45, 2.75) is 96.8 Å². The second-order valence-electron chi connectivity index (χ2n) is 10.3. The molecule has 2 heterocycles. The van der Waals surface area contributed by atoms with E-state index in [0.29, 0.717) is 5.82 Å². The lowest BCUT2D eigenvalue weighted by atomic mass is 9.69. The fourth-order valence-electron chi connectivity index (χ4n) is 4.35. The Balaban J connectivity index is 1.59. The van der Waals surface area contributed by atoms with Crippen LogP contribution in [0.2, 0.25) is 5.82 Å². The van der Waals surface area contributed by atoms with Crippen LogP contribution in [0.5, 0.6) is 0 Å². The van der Waals surface area contributed by atoms with Gasteiger partial charge in [-0.15, -0.1) is 0 Å². The molecule has 1 aliphatic carbocycles. The molecule has 5 nitrogen and oxygen atoms in total. The van der Waals surface area contributed by atoms with Crippen molar-refractivity contribution in [3.63, 3.8) is 0 Å². The molecular formula is C19H34BNO4. The number of ether oxygens (including phenoxy) is 1. The summed E-state index contributed by atoms with van der Waals surface area (Å²) in [4.78, 5) is 14.3. The van der Waals surface area contributed by atoms with Gasteiger partial charge < -0.3 is 18.9 Å². The Morgan fingerprint density at radius 1 is 1.12 bits per heavy atom. The fourth-order valence-corrected chi connectivity index (χ4v) is 4.35. The van der Waals surface area contributed by atoms with E-state index in [-0.39, 0.29) is 29.8 Å². The van der Waals surface area contributed by atoms with Crippen molar-refractivity contribution in [1.29, 1.82) is 0 Å². The highest BCUT2D eigenvalue weighted by molar-refractivity contribution is 6.47. The monoisotopic (exact) mass is 351 g/mol. The minimum atomic E-state index is -0.437. The molecule has 2 saturated heterocycles. The van der Waals surface area contributed by atoms with Crippen molar-refractivity contribution >= 4 is 13.2 Å². The predicted octanol–water partition coefficient (Wildman–Crippen LogP) is 4.26. The molecule has 1 saturated carbocycles. The molecule has 3 rings (SSSR count). The van der Waals surface area contributed by atoms with Gasteiger partial charge in [0.05, 0.1) is 11.2 Å². The van der Waals surface area contributed by atoms with Crippen LogP contribution in [0.15, 0.2) is 0 Å². The molecule has 2 unspecified atom stereocenters. The van der Waals surface area contributed by atoms with Crippen LogP contribution >= 0.6 is 0 Å². The van der Waals surface area contributed by atoms with Gasteiger partial charge in [0.1, 0.15) is 5.60 Å².